The predicted molar refractivity (Wildman–Crippen MR) is 75.0 cm³/mol. The number of rotatable bonds is 4. The summed E-state index contributed by atoms with van der Waals surface area (Å²) in [4.78, 5) is 4.67. The van der Waals surface area contributed by atoms with Gasteiger partial charge in [0, 0.05) is 25.2 Å². The van der Waals surface area contributed by atoms with Crippen molar-refractivity contribution in [2.75, 3.05) is 34.3 Å². The van der Waals surface area contributed by atoms with Crippen LogP contribution in [0.3, 0.4) is 0 Å². The van der Waals surface area contributed by atoms with Crippen LogP contribution in [0.4, 0.5) is 0 Å². The fraction of sp³-hybridized carbons (Fsp3) is 0.600. The molecule has 0 N–H and O–H groups in total. The summed E-state index contributed by atoms with van der Waals surface area (Å²) in [5.41, 5.74) is 4.23. The normalized spacial score (nSPS) is 15.8. The van der Waals surface area contributed by atoms with E-state index in [0.717, 1.165) is 31.8 Å². The first kappa shape index (κ1) is 13.4. The van der Waals surface area contributed by atoms with Crippen LogP contribution in [0.2, 0.25) is 0 Å². The average molecular weight is 248 g/mol. The molecule has 0 amide bonds. The van der Waals surface area contributed by atoms with Gasteiger partial charge >= 0.3 is 0 Å². The lowest BCUT2D eigenvalue weighted by atomic mass is 9.96. The molecule has 1 aromatic rings. The van der Waals surface area contributed by atoms with E-state index in [2.05, 4.69) is 43.0 Å². The molecule has 1 heterocycles. The van der Waals surface area contributed by atoms with E-state index in [1.807, 2.05) is 0 Å². The van der Waals surface area contributed by atoms with Crippen molar-refractivity contribution in [3.63, 3.8) is 0 Å². The second-order valence-electron chi connectivity index (χ2n) is 5.29. The Kier molecular flexibility index (Phi) is 4.25. The maximum atomic E-state index is 5.54. The van der Waals surface area contributed by atoms with E-state index < -0.39 is 0 Å². The number of nitrogens with zero attached hydrogens (tertiary/aromatic N) is 2. The summed E-state index contributed by atoms with van der Waals surface area (Å²) in [6.07, 6.45) is 1.16. The van der Waals surface area contributed by atoms with Crippen molar-refractivity contribution in [3.05, 3.63) is 28.8 Å². The molecule has 0 aromatic heterocycles. The number of methoxy groups -OCH3 is 1. The maximum Gasteiger partial charge on any atom is 0.123 e. The van der Waals surface area contributed by atoms with E-state index in [1.165, 1.54) is 23.2 Å². The number of fused-ring (bicyclic) bond motifs is 1. The van der Waals surface area contributed by atoms with Gasteiger partial charge in [-0.25, -0.2) is 0 Å². The Bertz CT molecular complexity index is 415. The monoisotopic (exact) mass is 248 g/mol. The summed E-state index contributed by atoms with van der Waals surface area (Å²) in [5, 5.41) is 0. The number of hydrogen-bond acceptors (Lipinski definition) is 3. The molecule has 0 unspecified atom stereocenters. The SMILES string of the molecule is CCN1CCc2cc(CN(C)C)c(OC)cc2C1. The minimum atomic E-state index is 0.938. The van der Waals surface area contributed by atoms with Crippen LogP contribution in [0.25, 0.3) is 0 Å². The molecule has 3 nitrogen and oxygen atoms in total. The van der Waals surface area contributed by atoms with E-state index in [4.69, 9.17) is 4.74 Å². The molecule has 0 atom stereocenters. The summed E-state index contributed by atoms with van der Waals surface area (Å²) in [7, 11) is 5.96. The molecule has 0 saturated carbocycles. The van der Waals surface area contributed by atoms with Gasteiger partial charge in [-0.2, -0.15) is 0 Å². The number of likely N-dealkylation sites (N-methyl/N-ethyl adjacent to an activating group) is 1. The highest BCUT2D eigenvalue weighted by molar-refractivity contribution is 5.43. The van der Waals surface area contributed by atoms with Crippen LogP contribution < -0.4 is 4.74 Å². The van der Waals surface area contributed by atoms with E-state index >= 15 is 0 Å². The van der Waals surface area contributed by atoms with E-state index in [9.17, 15) is 0 Å². The number of ether oxygens (including phenoxy) is 1. The van der Waals surface area contributed by atoms with Crippen LogP contribution in [-0.2, 0) is 19.5 Å². The second-order valence-corrected chi connectivity index (χ2v) is 5.29. The highest BCUT2D eigenvalue weighted by Gasteiger charge is 2.17. The Morgan fingerprint density at radius 2 is 2.06 bits per heavy atom. The Morgan fingerprint density at radius 1 is 1.28 bits per heavy atom. The molecule has 0 saturated heterocycles. The van der Waals surface area contributed by atoms with E-state index in [-0.39, 0.29) is 0 Å². The third-order valence-electron chi connectivity index (χ3n) is 3.63. The Morgan fingerprint density at radius 3 is 2.67 bits per heavy atom. The van der Waals surface area contributed by atoms with Crippen LogP contribution in [0, 0.1) is 0 Å². The van der Waals surface area contributed by atoms with Gasteiger partial charge in [0.1, 0.15) is 5.75 Å². The topological polar surface area (TPSA) is 15.7 Å². The molecule has 2 rings (SSSR count). The number of benzene rings is 1. The molecule has 0 fully saturated rings. The van der Waals surface area contributed by atoms with Crippen LogP contribution in [0.1, 0.15) is 23.6 Å². The van der Waals surface area contributed by atoms with Gasteiger partial charge in [-0.15, -0.1) is 0 Å². The number of hydrogen-bond donors (Lipinski definition) is 0. The summed E-state index contributed by atoms with van der Waals surface area (Å²) in [5.74, 6) is 1.03. The fourth-order valence-electron chi connectivity index (χ4n) is 2.62. The Hall–Kier alpha value is -1.06. The van der Waals surface area contributed by atoms with Crippen molar-refractivity contribution >= 4 is 0 Å². The van der Waals surface area contributed by atoms with Crippen molar-refractivity contribution < 1.29 is 4.74 Å². The van der Waals surface area contributed by atoms with Gasteiger partial charge < -0.3 is 9.64 Å². The zero-order valence-corrected chi connectivity index (χ0v) is 12.0. The van der Waals surface area contributed by atoms with Crippen LogP contribution >= 0.6 is 0 Å². The molecule has 1 aromatic carbocycles. The molecule has 3 heteroatoms. The van der Waals surface area contributed by atoms with Gasteiger partial charge in [0.15, 0.2) is 0 Å². The minimum Gasteiger partial charge on any atom is -0.496 e. The lowest BCUT2D eigenvalue weighted by molar-refractivity contribution is 0.267. The molecule has 0 radical (unpaired) electrons. The first-order chi connectivity index (χ1) is 8.63. The van der Waals surface area contributed by atoms with Crippen LogP contribution in [0.15, 0.2) is 12.1 Å². The summed E-state index contributed by atoms with van der Waals surface area (Å²) >= 11 is 0. The van der Waals surface area contributed by atoms with Gasteiger partial charge in [0.25, 0.3) is 0 Å². The zero-order valence-electron chi connectivity index (χ0n) is 12.0. The standard InChI is InChI=1S/C15H24N2O/c1-5-17-7-6-12-8-14(10-16(2)3)15(18-4)9-13(12)11-17/h8-9H,5-7,10-11H2,1-4H3. The predicted octanol–water partition coefficient (Wildman–Crippen LogP) is 2.13. The van der Waals surface area contributed by atoms with Gasteiger partial charge in [-0.1, -0.05) is 13.0 Å². The Balaban J connectivity index is 2.30. The molecule has 18 heavy (non-hydrogen) atoms. The summed E-state index contributed by atoms with van der Waals surface area (Å²) in [6.45, 7) is 6.53. The lowest BCUT2D eigenvalue weighted by Gasteiger charge is -2.29. The van der Waals surface area contributed by atoms with Crippen molar-refractivity contribution in [2.45, 2.75) is 26.4 Å². The second kappa shape index (κ2) is 5.72. The van der Waals surface area contributed by atoms with Crippen molar-refractivity contribution in [3.8, 4) is 5.75 Å². The highest BCUT2D eigenvalue weighted by Crippen LogP contribution is 2.28. The molecule has 0 aliphatic carbocycles. The maximum absolute atomic E-state index is 5.54. The van der Waals surface area contributed by atoms with Gasteiger partial charge in [-0.3, -0.25) is 4.90 Å². The first-order valence-electron chi connectivity index (χ1n) is 6.69. The molecular weight excluding hydrogens is 224 g/mol. The molecule has 1 aliphatic heterocycles. The first-order valence-corrected chi connectivity index (χ1v) is 6.69. The van der Waals surface area contributed by atoms with Gasteiger partial charge in [-0.05, 0) is 44.3 Å². The van der Waals surface area contributed by atoms with Crippen molar-refractivity contribution in [1.82, 2.24) is 9.80 Å². The highest BCUT2D eigenvalue weighted by atomic mass is 16.5. The van der Waals surface area contributed by atoms with Gasteiger partial charge in [0.05, 0.1) is 7.11 Å². The zero-order chi connectivity index (χ0) is 13.1. The van der Waals surface area contributed by atoms with Gasteiger partial charge in [0.2, 0.25) is 0 Å². The Labute approximate surface area is 110 Å². The molecule has 0 bridgehead atoms. The molecule has 0 spiro atoms. The third kappa shape index (κ3) is 2.85. The summed E-state index contributed by atoms with van der Waals surface area (Å²) in [6, 6.07) is 4.57. The molecule has 1 aliphatic rings. The fourth-order valence-corrected chi connectivity index (χ4v) is 2.62. The van der Waals surface area contributed by atoms with Crippen molar-refractivity contribution in [2.24, 2.45) is 0 Å². The third-order valence-corrected chi connectivity index (χ3v) is 3.63. The van der Waals surface area contributed by atoms with Crippen LogP contribution in [-0.4, -0.2) is 44.1 Å². The molecule has 100 valence electrons. The average Bonchev–Trinajstić information content (AvgIpc) is 2.36. The van der Waals surface area contributed by atoms with Crippen LogP contribution in [0.5, 0.6) is 5.75 Å². The smallest absolute Gasteiger partial charge is 0.123 e. The largest absolute Gasteiger partial charge is 0.496 e. The van der Waals surface area contributed by atoms with E-state index in [0.29, 0.717) is 0 Å². The quantitative estimate of drug-likeness (QED) is 0.812. The summed E-state index contributed by atoms with van der Waals surface area (Å²) < 4.78 is 5.54. The lowest BCUT2D eigenvalue weighted by Crippen LogP contribution is -2.30. The van der Waals surface area contributed by atoms with Crippen molar-refractivity contribution in [1.29, 1.82) is 0 Å². The van der Waals surface area contributed by atoms with E-state index in [1.54, 1.807) is 7.11 Å². The minimum absolute atomic E-state index is 0.938. The molecular formula is C15H24N2O.